The molecule has 0 bridgehead atoms. The monoisotopic (exact) mass is 206 g/mol. The van der Waals surface area contributed by atoms with E-state index in [-0.39, 0.29) is 0 Å². The predicted octanol–water partition coefficient (Wildman–Crippen LogP) is 1.86. The zero-order valence-electron chi connectivity index (χ0n) is 6.71. The predicted molar refractivity (Wildman–Crippen MR) is 39.8 cm³/mol. The summed E-state index contributed by atoms with van der Waals surface area (Å²) in [5.41, 5.74) is 0. The van der Waals surface area contributed by atoms with E-state index in [4.69, 9.17) is 5.11 Å². The fourth-order valence-electron chi connectivity index (χ4n) is 0.701. The second-order valence-corrected chi connectivity index (χ2v) is 2.36. The molecule has 14 heavy (non-hydrogen) atoms. The lowest BCUT2D eigenvalue weighted by Gasteiger charge is -2.07. The summed E-state index contributed by atoms with van der Waals surface area (Å²) in [5, 5.41) is 8.98. The molecule has 0 radical (unpaired) electrons. The average molecular weight is 206 g/mol. The van der Waals surface area contributed by atoms with Gasteiger partial charge in [-0.05, 0) is 12.1 Å². The molecule has 0 aromatic heterocycles. The van der Waals surface area contributed by atoms with Crippen molar-refractivity contribution in [3.63, 3.8) is 0 Å². The number of rotatable bonds is 1. The molecule has 1 N–H and O–H groups in total. The van der Waals surface area contributed by atoms with Gasteiger partial charge in [0.2, 0.25) is 0 Å². The zero-order chi connectivity index (χ0) is 10.8. The Bertz CT molecular complexity index is 346. The molecular weight excluding hydrogens is 201 g/mol. The van der Waals surface area contributed by atoms with Crippen LogP contribution in [0.5, 0.6) is 11.5 Å². The van der Waals surface area contributed by atoms with E-state index in [0.29, 0.717) is 0 Å². The quantitative estimate of drug-likeness (QED) is 0.563. The van der Waals surface area contributed by atoms with Crippen LogP contribution >= 0.6 is 0 Å². The summed E-state index contributed by atoms with van der Waals surface area (Å²) in [6, 6.07) is 4.89. The van der Waals surface area contributed by atoms with Gasteiger partial charge in [0, 0.05) is 0 Å². The maximum Gasteiger partial charge on any atom is 0.491 e. The van der Waals surface area contributed by atoms with Crippen molar-refractivity contribution in [3.8, 4) is 11.5 Å². The van der Waals surface area contributed by atoms with Crippen molar-refractivity contribution in [1.82, 2.24) is 0 Å². The fraction of sp³-hybridized carbons (Fsp3) is 0.125. The average Bonchev–Trinajstić information content (AvgIpc) is 2.07. The lowest BCUT2D eigenvalue weighted by atomic mass is 10.3. The van der Waals surface area contributed by atoms with E-state index in [1.165, 1.54) is 12.1 Å². The van der Waals surface area contributed by atoms with Gasteiger partial charge >= 0.3 is 12.1 Å². The zero-order valence-corrected chi connectivity index (χ0v) is 6.71. The second-order valence-electron chi connectivity index (χ2n) is 2.36. The molecule has 76 valence electrons. The molecule has 1 aromatic carbocycles. The van der Waals surface area contributed by atoms with Crippen LogP contribution in [0.15, 0.2) is 24.3 Å². The molecule has 0 atom stereocenters. The largest absolute Gasteiger partial charge is 0.504 e. The van der Waals surface area contributed by atoms with E-state index in [2.05, 4.69) is 4.74 Å². The van der Waals surface area contributed by atoms with Crippen LogP contribution in [0.4, 0.5) is 13.2 Å². The molecule has 0 aliphatic heterocycles. The fourth-order valence-corrected chi connectivity index (χ4v) is 0.701. The molecule has 0 fully saturated rings. The van der Waals surface area contributed by atoms with Crippen LogP contribution in [0.1, 0.15) is 0 Å². The molecule has 3 nitrogen and oxygen atoms in total. The molecule has 0 aliphatic carbocycles. The highest BCUT2D eigenvalue weighted by atomic mass is 19.4. The van der Waals surface area contributed by atoms with Crippen molar-refractivity contribution in [2.75, 3.05) is 0 Å². The van der Waals surface area contributed by atoms with E-state index >= 15 is 0 Å². The number of hydrogen-bond acceptors (Lipinski definition) is 3. The Kier molecular flexibility index (Phi) is 2.64. The van der Waals surface area contributed by atoms with Crippen LogP contribution in [0.2, 0.25) is 0 Å². The van der Waals surface area contributed by atoms with E-state index in [9.17, 15) is 18.0 Å². The van der Waals surface area contributed by atoms with Gasteiger partial charge < -0.3 is 9.84 Å². The van der Waals surface area contributed by atoms with Crippen molar-refractivity contribution in [1.29, 1.82) is 0 Å². The Morgan fingerprint density at radius 1 is 1.29 bits per heavy atom. The summed E-state index contributed by atoms with van der Waals surface area (Å²) >= 11 is 0. The van der Waals surface area contributed by atoms with Gasteiger partial charge in [0.1, 0.15) is 0 Å². The van der Waals surface area contributed by atoms with Crippen molar-refractivity contribution in [2.24, 2.45) is 0 Å². The number of esters is 1. The molecule has 0 saturated heterocycles. The molecule has 0 amide bonds. The third-order valence-electron chi connectivity index (χ3n) is 1.30. The van der Waals surface area contributed by atoms with Crippen LogP contribution in [-0.2, 0) is 4.79 Å². The van der Waals surface area contributed by atoms with E-state index < -0.39 is 23.6 Å². The summed E-state index contributed by atoms with van der Waals surface area (Å²) in [5.74, 6) is -3.40. The Labute approximate surface area is 76.7 Å². The minimum atomic E-state index is -5.07. The summed E-state index contributed by atoms with van der Waals surface area (Å²) in [4.78, 5) is 10.3. The number of phenols is 1. The maximum atomic E-state index is 11.7. The third-order valence-corrected chi connectivity index (χ3v) is 1.30. The molecular formula is C8H5F3O3. The van der Waals surface area contributed by atoms with Gasteiger partial charge in [0.25, 0.3) is 0 Å². The second kappa shape index (κ2) is 3.57. The smallest absolute Gasteiger partial charge is 0.491 e. The lowest BCUT2D eigenvalue weighted by molar-refractivity contribution is -0.189. The molecule has 0 aliphatic rings. The first-order valence-electron chi connectivity index (χ1n) is 3.48. The normalized spacial score (nSPS) is 11.1. The van der Waals surface area contributed by atoms with E-state index in [0.717, 1.165) is 12.1 Å². The minimum absolute atomic E-state index is 0.519. The molecule has 0 unspecified atom stereocenters. The highest BCUT2D eigenvalue weighted by Crippen LogP contribution is 2.27. The number of alkyl halides is 3. The number of carbonyl (C=O) groups excluding carboxylic acids is 1. The number of para-hydroxylation sites is 2. The highest BCUT2D eigenvalue weighted by molar-refractivity contribution is 5.78. The SMILES string of the molecule is O=C(Oc1ccccc1O)C(F)(F)F. The molecule has 1 aromatic rings. The number of ether oxygens (including phenoxy) is 1. The van der Waals surface area contributed by atoms with Gasteiger partial charge in [0.05, 0.1) is 0 Å². The van der Waals surface area contributed by atoms with Gasteiger partial charge in [-0.1, -0.05) is 12.1 Å². The van der Waals surface area contributed by atoms with Gasteiger partial charge in [-0.15, -0.1) is 0 Å². The summed E-state index contributed by atoms with van der Waals surface area (Å²) < 4.78 is 39.0. The van der Waals surface area contributed by atoms with E-state index in [1.807, 2.05) is 0 Å². The molecule has 0 spiro atoms. The van der Waals surface area contributed by atoms with Crippen LogP contribution in [0.25, 0.3) is 0 Å². The number of benzene rings is 1. The minimum Gasteiger partial charge on any atom is -0.504 e. The number of aromatic hydroxyl groups is 1. The number of hydrogen-bond donors (Lipinski definition) is 1. The maximum absolute atomic E-state index is 11.7. The van der Waals surface area contributed by atoms with Crippen LogP contribution in [-0.4, -0.2) is 17.3 Å². The standard InChI is InChI=1S/C8H5F3O3/c9-8(10,11)7(13)14-6-4-2-1-3-5(6)12/h1-4,12H. The summed E-state index contributed by atoms with van der Waals surface area (Å²) in [6.45, 7) is 0. The van der Waals surface area contributed by atoms with Crippen LogP contribution < -0.4 is 4.74 Å². The van der Waals surface area contributed by atoms with Crippen LogP contribution in [0, 0.1) is 0 Å². The van der Waals surface area contributed by atoms with Gasteiger partial charge in [-0.25, -0.2) is 4.79 Å². The van der Waals surface area contributed by atoms with Crippen molar-refractivity contribution >= 4 is 5.97 Å². The Morgan fingerprint density at radius 2 is 1.86 bits per heavy atom. The topological polar surface area (TPSA) is 46.5 Å². The Morgan fingerprint density at radius 3 is 2.36 bits per heavy atom. The number of carbonyl (C=O) groups is 1. The Hall–Kier alpha value is -1.72. The number of phenolic OH excluding ortho intramolecular Hbond substituents is 1. The van der Waals surface area contributed by atoms with Crippen molar-refractivity contribution in [3.05, 3.63) is 24.3 Å². The van der Waals surface area contributed by atoms with Gasteiger partial charge in [-0.2, -0.15) is 13.2 Å². The van der Waals surface area contributed by atoms with Gasteiger partial charge in [-0.3, -0.25) is 0 Å². The van der Waals surface area contributed by atoms with Crippen molar-refractivity contribution in [2.45, 2.75) is 6.18 Å². The third kappa shape index (κ3) is 2.38. The molecule has 0 heterocycles. The summed E-state index contributed by atoms with van der Waals surface area (Å²) in [7, 11) is 0. The number of halogens is 3. The first kappa shape index (κ1) is 10.4. The highest BCUT2D eigenvalue weighted by Gasteiger charge is 2.41. The first-order valence-corrected chi connectivity index (χ1v) is 3.48. The van der Waals surface area contributed by atoms with Crippen molar-refractivity contribution < 1.29 is 27.8 Å². The Balaban J connectivity index is 2.80. The van der Waals surface area contributed by atoms with Crippen LogP contribution in [0.3, 0.4) is 0 Å². The molecule has 6 heteroatoms. The van der Waals surface area contributed by atoms with Gasteiger partial charge in [0.15, 0.2) is 11.5 Å². The molecule has 0 saturated carbocycles. The summed E-state index contributed by atoms with van der Waals surface area (Å²) in [6.07, 6.45) is -5.07. The first-order chi connectivity index (χ1) is 6.41. The van der Waals surface area contributed by atoms with E-state index in [1.54, 1.807) is 0 Å². The molecule has 1 rings (SSSR count). The lowest BCUT2D eigenvalue weighted by Crippen LogP contribution is -2.27.